The summed E-state index contributed by atoms with van der Waals surface area (Å²) in [6.45, 7) is 0. The minimum Gasteiger partial charge on any atom is -0.396 e. The van der Waals surface area contributed by atoms with Gasteiger partial charge < -0.3 is 15.5 Å². The Balaban J connectivity index is 1.78. The molecule has 0 spiro atoms. The van der Waals surface area contributed by atoms with Crippen molar-refractivity contribution >= 4 is 34.3 Å². The van der Waals surface area contributed by atoms with Crippen LogP contribution in [0.1, 0.15) is 32.0 Å². The molecule has 4 aromatic rings. The van der Waals surface area contributed by atoms with Crippen LogP contribution in [0.5, 0.6) is 0 Å². The Morgan fingerprint density at radius 3 is 2.44 bits per heavy atom. The Morgan fingerprint density at radius 1 is 1.00 bits per heavy atom. The Morgan fingerprint density at radius 2 is 1.74 bits per heavy atom. The van der Waals surface area contributed by atoms with Gasteiger partial charge in [0.25, 0.3) is 11.6 Å². The van der Waals surface area contributed by atoms with E-state index in [-0.39, 0.29) is 39.4 Å². The van der Waals surface area contributed by atoms with Gasteiger partial charge in [0, 0.05) is 29.6 Å². The third-order valence-corrected chi connectivity index (χ3v) is 5.09. The standard InChI is InChI=1S/C23H15F3N4O4/c24-23(25,26)14-6-4-7-15(12-14)28-22(32)18-17-9-1-2-10-29(17)20(19(18)27)21(31)13-5-3-8-16(11-13)30(33)34/h1-12H,27H2,(H,28,32). The lowest BCUT2D eigenvalue weighted by Gasteiger charge is -2.10. The van der Waals surface area contributed by atoms with E-state index in [1.54, 1.807) is 12.1 Å². The van der Waals surface area contributed by atoms with Gasteiger partial charge in [0.1, 0.15) is 5.69 Å². The van der Waals surface area contributed by atoms with Crippen molar-refractivity contribution in [1.29, 1.82) is 0 Å². The van der Waals surface area contributed by atoms with Gasteiger partial charge in [-0.05, 0) is 30.3 Å². The van der Waals surface area contributed by atoms with Crippen LogP contribution in [0.4, 0.5) is 30.2 Å². The van der Waals surface area contributed by atoms with Crippen LogP contribution >= 0.6 is 0 Å². The molecule has 0 aliphatic heterocycles. The number of aromatic nitrogens is 1. The number of carbonyl (C=O) groups is 2. The van der Waals surface area contributed by atoms with E-state index < -0.39 is 28.4 Å². The third-order valence-electron chi connectivity index (χ3n) is 5.09. The maximum atomic E-state index is 13.2. The fourth-order valence-electron chi connectivity index (χ4n) is 3.56. The van der Waals surface area contributed by atoms with Crippen molar-refractivity contribution in [3.8, 4) is 0 Å². The molecule has 2 aromatic carbocycles. The molecule has 2 aromatic heterocycles. The number of non-ortho nitro benzene ring substituents is 1. The monoisotopic (exact) mass is 468 g/mol. The summed E-state index contributed by atoms with van der Waals surface area (Å²) in [5.74, 6) is -1.49. The second-order valence-electron chi connectivity index (χ2n) is 7.26. The smallest absolute Gasteiger partial charge is 0.396 e. The zero-order valence-corrected chi connectivity index (χ0v) is 17.2. The van der Waals surface area contributed by atoms with Crippen molar-refractivity contribution in [1.82, 2.24) is 4.40 Å². The molecule has 172 valence electrons. The van der Waals surface area contributed by atoms with Gasteiger partial charge in [-0.3, -0.25) is 19.7 Å². The van der Waals surface area contributed by atoms with E-state index in [1.165, 1.54) is 40.9 Å². The molecule has 0 aliphatic carbocycles. The number of fused-ring (bicyclic) bond motifs is 1. The molecule has 0 saturated carbocycles. The number of anilines is 2. The minimum absolute atomic E-state index is 0.0195. The molecule has 0 saturated heterocycles. The van der Waals surface area contributed by atoms with Gasteiger partial charge in [-0.15, -0.1) is 0 Å². The highest BCUT2D eigenvalue weighted by molar-refractivity contribution is 6.20. The summed E-state index contributed by atoms with van der Waals surface area (Å²) >= 11 is 0. The second-order valence-corrected chi connectivity index (χ2v) is 7.26. The van der Waals surface area contributed by atoms with Crippen molar-refractivity contribution in [2.24, 2.45) is 0 Å². The SMILES string of the molecule is Nc1c(C(=O)Nc2cccc(C(F)(F)F)c2)c2ccccn2c1C(=O)c1cccc([N+](=O)[O-])c1. The topological polar surface area (TPSA) is 120 Å². The van der Waals surface area contributed by atoms with Crippen molar-refractivity contribution in [2.45, 2.75) is 6.18 Å². The van der Waals surface area contributed by atoms with Crippen LogP contribution in [0.3, 0.4) is 0 Å². The lowest BCUT2D eigenvalue weighted by atomic mass is 10.1. The van der Waals surface area contributed by atoms with Crippen molar-refractivity contribution in [2.75, 3.05) is 11.1 Å². The first-order valence-electron chi connectivity index (χ1n) is 9.74. The molecule has 0 atom stereocenters. The van der Waals surface area contributed by atoms with Gasteiger partial charge in [0.05, 0.1) is 27.3 Å². The Hall–Kier alpha value is -4.67. The number of nitrogens with two attached hydrogens (primary N) is 1. The van der Waals surface area contributed by atoms with E-state index in [0.29, 0.717) is 0 Å². The zero-order valence-electron chi connectivity index (χ0n) is 17.2. The fraction of sp³-hybridized carbons (Fsp3) is 0.0435. The number of ketones is 1. The summed E-state index contributed by atoms with van der Waals surface area (Å²) in [7, 11) is 0. The largest absolute Gasteiger partial charge is 0.416 e. The summed E-state index contributed by atoms with van der Waals surface area (Å²) in [5, 5.41) is 13.5. The third kappa shape index (κ3) is 4.06. The van der Waals surface area contributed by atoms with E-state index in [9.17, 15) is 32.9 Å². The van der Waals surface area contributed by atoms with Crippen molar-refractivity contribution < 1.29 is 27.7 Å². The van der Waals surface area contributed by atoms with Crippen LogP contribution < -0.4 is 11.1 Å². The maximum Gasteiger partial charge on any atom is 0.416 e. The molecule has 0 radical (unpaired) electrons. The molecule has 8 nitrogen and oxygen atoms in total. The molecule has 0 fully saturated rings. The van der Waals surface area contributed by atoms with Crippen LogP contribution in [-0.2, 0) is 6.18 Å². The van der Waals surface area contributed by atoms with E-state index in [4.69, 9.17) is 5.73 Å². The number of pyridine rings is 1. The summed E-state index contributed by atoms with van der Waals surface area (Å²) < 4.78 is 40.4. The van der Waals surface area contributed by atoms with Gasteiger partial charge in [-0.2, -0.15) is 13.2 Å². The number of carbonyl (C=O) groups excluding carboxylic acids is 2. The van der Waals surface area contributed by atoms with Crippen molar-refractivity contribution in [3.05, 3.63) is 105 Å². The zero-order chi connectivity index (χ0) is 24.6. The van der Waals surface area contributed by atoms with E-state index >= 15 is 0 Å². The van der Waals surface area contributed by atoms with Gasteiger partial charge in [0.2, 0.25) is 5.78 Å². The maximum absolute atomic E-state index is 13.2. The molecule has 11 heteroatoms. The fourth-order valence-corrected chi connectivity index (χ4v) is 3.56. The number of rotatable bonds is 5. The Kier molecular flexibility index (Phi) is 5.53. The van der Waals surface area contributed by atoms with Gasteiger partial charge in [-0.1, -0.05) is 24.3 Å². The molecule has 34 heavy (non-hydrogen) atoms. The van der Waals surface area contributed by atoms with E-state index in [0.717, 1.165) is 24.3 Å². The Bertz CT molecular complexity index is 1460. The normalized spacial score (nSPS) is 11.4. The molecule has 0 unspecified atom stereocenters. The van der Waals surface area contributed by atoms with E-state index in [1.807, 2.05) is 0 Å². The average Bonchev–Trinajstić information content (AvgIpc) is 3.10. The van der Waals surface area contributed by atoms with E-state index in [2.05, 4.69) is 5.32 Å². The molecule has 3 N–H and O–H groups in total. The van der Waals surface area contributed by atoms with Gasteiger partial charge in [-0.25, -0.2) is 0 Å². The highest BCUT2D eigenvalue weighted by Gasteiger charge is 2.31. The number of nitro groups is 1. The molecule has 1 amide bonds. The summed E-state index contributed by atoms with van der Waals surface area (Å²) in [6, 6.07) is 13.8. The number of alkyl halides is 3. The highest BCUT2D eigenvalue weighted by atomic mass is 19.4. The lowest BCUT2D eigenvalue weighted by Crippen LogP contribution is -2.15. The molecule has 0 bridgehead atoms. The van der Waals surface area contributed by atoms with Crippen LogP contribution in [0, 0.1) is 10.1 Å². The molecular formula is C23H15F3N4O4. The van der Waals surface area contributed by atoms with Gasteiger partial charge in [0.15, 0.2) is 0 Å². The first-order chi connectivity index (χ1) is 16.1. The summed E-state index contributed by atoms with van der Waals surface area (Å²) in [4.78, 5) is 36.7. The molecule has 2 heterocycles. The number of nitro benzene ring substituents is 1. The number of amides is 1. The number of nitrogens with zero attached hydrogens (tertiary/aromatic N) is 2. The van der Waals surface area contributed by atoms with Crippen LogP contribution in [0.25, 0.3) is 5.52 Å². The van der Waals surface area contributed by atoms with Crippen LogP contribution in [-0.4, -0.2) is 21.0 Å². The lowest BCUT2D eigenvalue weighted by molar-refractivity contribution is -0.384. The van der Waals surface area contributed by atoms with Gasteiger partial charge >= 0.3 is 6.18 Å². The highest BCUT2D eigenvalue weighted by Crippen LogP contribution is 2.32. The second kappa shape index (κ2) is 8.35. The number of nitrogens with one attached hydrogen (secondary N) is 1. The number of hydrogen-bond donors (Lipinski definition) is 2. The predicted octanol–water partition coefficient (Wildman–Crippen LogP) is 4.93. The first-order valence-corrected chi connectivity index (χ1v) is 9.74. The molecular weight excluding hydrogens is 453 g/mol. The molecule has 0 aliphatic rings. The number of hydrogen-bond acceptors (Lipinski definition) is 5. The van der Waals surface area contributed by atoms with Crippen LogP contribution in [0.15, 0.2) is 72.9 Å². The quantitative estimate of drug-likeness (QED) is 0.244. The number of benzene rings is 2. The number of halogens is 3. The minimum atomic E-state index is -4.60. The Labute approximate surface area is 189 Å². The first kappa shape index (κ1) is 22.5. The molecule has 4 rings (SSSR count). The van der Waals surface area contributed by atoms with Crippen molar-refractivity contribution in [3.63, 3.8) is 0 Å². The number of nitrogen functional groups attached to an aromatic ring is 1. The predicted molar refractivity (Wildman–Crippen MR) is 118 cm³/mol. The summed E-state index contributed by atoms with van der Waals surface area (Å²) in [5.41, 5.74) is 4.61. The summed E-state index contributed by atoms with van der Waals surface area (Å²) in [6.07, 6.45) is -3.11. The average molecular weight is 468 g/mol. The van der Waals surface area contributed by atoms with Crippen LogP contribution in [0.2, 0.25) is 0 Å².